The first-order chi connectivity index (χ1) is 14.1. The van der Waals surface area contributed by atoms with Crippen molar-refractivity contribution in [1.29, 1.82) is 0 Å². The molecule has 2 fully saturated rings. The van der Waals surface area contributed by atoms with Crippen molar-refractivity contribution in [3.8, 4) is 0 Å². The fraction of sp³-hybridized carbons (Fsp3) is 0.714. The molecule has 162 valence electrons. The van der Waals surface area contributed by atoms with Crippen molar-refractivity contribution in [2.24, 2.45) is 5.92 Å². The number of hydrogen-bond donors (Lipinski definition) is 3. The summed E-state index contributed by atoms with van der Waals surface area (Å²) in [5, 5.41) is 22.4. The molecule has 1 aromatic heterocycles. The first-order valence-corrected chi connectivity index (χ1v) is 10.8. The highest BCUT2D eigenvalue weighted by Gasteiger charge is 2.22. The number of carboxylic acids is 1. The van der Waals surface area contributed by atoms with Crippen LogP contribution in [0.25, 0.3) is 0 Å². The minimum atomic E-state index is -0.990. The van der Waals surface area contributed by atoms with Crippen molar-refractivity contribution in [3.05, 3.63) is 29.6 Å². The van der Waals surface area contributed by atoms with E-state index in [1.165, 1.54) is 6.07 Å². The summed E-state index contributed by atoms with van der Waals surface area (Å²) in [5.41, 5.74) is 0.886. The van der Waals surface area contributed by atoms with Crippen molar-refractivity contribution >= 4 is 5.97 Å². The third kappa shape index (κ3) is 7.31. The third-order valence-electron chi connectivity index (χ3n) is 5.88. The average Bonchev–Trinajstić information content (AvgIpc) is 2.71. The Bertz CT molecular complexity index is 644. The van der Waals surface area contributed by atoms with E-state index >= 15 is 0 Å². The van der Waals surface area contributed by atoms with Gasteiger partial charge in [0.25, 0.3) is 0 Å². The number of aliphatic hydroxyl groups is 1. The molecule has 2 saturated heterocycles. The van der Waals surface area contributed by atoms with Crippen molar-refractivity contribution in [2.75, 3.05) is 72.1 Å². The molecule has 0 spiro atoms. The molecular formula is C21H35N5O3. The number of carboxylic acid groups (broad SMARTS) is 1. The molecule has 2 aliphatic rings. The summed E-state index contributed by atoms with van der Waals surface area (Å²) < 4.78 is 0. The van der Waals surface area contributed by atoms with E-state index in [0.29, 0.717) is 12.5 Å². The number of fused-ring (bicyclic) bond motifs is 3. The van der Waals surface area contributed by atoms with Crippen LogP contribution in [0.2, 0.25) is 0 Å². The van der Waals surface area contributed by atoms with Gasteiger partial charge in [0, 0.05) is 65.5 Å². The molecule has 29 heavy (non-hydrogen) atoms. The smallest absolute Gasteiger partial charge is 0.354 e. The molecule has 2 aliphatic heterocycles. The highest BCUT2D eigenvalue weighted by molar-refractivity contribution is 5.85. The molecule has 2 bridgehead atoms. The van der Waals surface area contributed by atoms with Gasteiger partial charge in [0.05, 0.1) is 5.69 Å². The monoisotopic (exact) mass is 405 g/mol. The highest BCUT2D eigenvalue weighted by Crippen LogP contribution is 2.14. The number of rotatable bonds is 5. The van der Waals surface area contributed by atoms with Gasteiger partial charge < -0.3 is 25.3 Å². The lowest BCUT2D eigenvalue weighted by atomic mass is 10.0. The van der Waals surface area contributed by atoms with Gasteiger partial charge in [-0.15, -0.1) is 0 Å². The van der Waals surface area contributed by atoms with E-state index in [4.69, 9.17) is 0 Å². The Morgan fingerprint density at radius 3 is 2.72 bits per heavy atom. The molecule has 3 N–H and O–H groups in total. The van der Waals surface area contributed by atoms with Gasteiger partial charge in [0.1, 0.15) is 5.69 Å². The predicted octanol–water partition coefficient (Wildman–Crippen LogP) is 0.191. The summed E-state index contributed by atoms with van der Waals surface area (Å²) in [6.45, 7) is 11.0. The van der Waals surface area contributed by atoms with Crippen molar-refractivity contribution in [3.63, 3.8) is 0 Å². The largest absolute Gasteiger partial charge is 0.477 e. The molecule has 0 aromatic carbocycles. The summed E-state index contributed by atoms with van der Waals surface area (Å²) >= 11 is 0. The van der Waals surface area contributed by atoms with Crippen LogP contribution in [-0.2, 0) is 6.54 Å². The molecule has 8 heteroatoms. The summed E-state index contributed by atoms with van der Waals surface area (Å²) in [4.78, 5) is 23.0. The zero-order chi connectivity index (χ0) is 20.5. The summed E-state index contributed by atoms with van der Waals surface area (Å²) in [5.74, 6) is -0.604. The normalized spacial score (nSPS) is 27.4. The second-order valence-corrected chi connectivity index (χ2v) is 8.18. The van der Waals surface area contributed by atoms with E-state index in [1.54, 1.807) is 6.07 Å². The number of hydrogen-bond acceptors (Lipinski definition) is 7. The third-order valence-corrected chi connectivity index (χ3v) is 5.88. The van der Waals surface area contributed by atoms with Crippen LogP contribution in [0.4, 0.5) is 0 Å². The second-order valence-electron chi connectivity index (χ2n) is 8.18. The van der Waals surface area contributed by atoms with Crippen LogP contribution in [0.15, 0.2) is 18.2 Å². The molecule has 8 nitrogen and oxygen atoms in total. The van der Waals surface area contributed by atoms with Crippen molar-refractivity contribution < 1.29 is 15.0 Å². The molecule has 1 aromatic rings. The Kier molecular flexibility index (Phi) is 8.82. The average molecular weight is 406 g/mol. The number of carbonyl (C=O) groups is 1. The van der Waals surface area contributed by atoms with Crippen LogP contribution < -0.4 is 5.32 Å². The molecule has 0 aliphatic carbocycles. The van der Waals surface area contributed by atoms with Crippen molar-refractivity contribution in [2.45, 2.75) is 19.4 Å². The quantitative estimate of drug-likeness (QED) is 0.640. The number of aromatic carboxylic acids is 1. The minimum Gasteiger partial charge on any atom is -0.477 e. The molecule has 0 saturated carbocycles. The van der Waals surface area contributed by atoms with Crippen LogP contribution in [0.1, 0.15) is 29.0 Å². The number of aromatic nitrogens is 1. The molecule has 3 atom stereocenters. The Labute approximate surface area is 173 Å². The van der Waals surface area contributed by atoms with Gasteiger partial charge in [-0.2, -0.15) is 0 Å². The van der Waals surface area contributed by atoms with E-state index in [1.807, 2.05) is 6.07 Å². The molecule has 0 radical (unpaired) electrons. The second kappa shape index (κ2) is 11.6. The maximum Gasteiger partial charge on any atom is 0.354 e. The van der Waals surface area contributed by atoms with E-state index in [-0.39, 0.29) is 12.3 Å². The Morgan fingerprint density at radius 1 is 1.07 bits per heavy atom. The number of aliphatic hydroxyl groups excluding tert-OH is 1. The van der Waals surface area contributed by atoms with Crippen LogP contribution in [0, 0.1) is 5.92 Å². The van der Waals surface area contributed by atoms with E-state index < -0.39 is 5.97 Å². The fourth-order valence-electron chi connectivity index (χ4n) is 4.29. The number of nitrogens with one attached hydrogen (secondary N) is 1. The van der Waals surface area contributed by atoms with E-state index in [9.17, 15) is 15.0 Å². The topological polar surface area (TPSA) is 92.2 Å². The lowest BCUT2D eigenvalue weighted by Gasteiger charge is -2.37. The van der Waals surface area contributed by atoms with Crippen LogP contribution in [-0.4, -0.2) is 108 Å². The van der Waals surface area contributed by atoms with Gasteiger partial charge in [-0.1, -0.05) is 6.07 Å². The van der Waals surface area contributed by atoms with Gasteiger partial charge in [0.2, 0.25) is 0 Å². The Hall–Kier alpha value is -1.58. The summed E-state index contributed by atoms with van der Waals surface area (Å²) in [6.07, 6.45) is 1.95. The molecule has 0 amide bonds. The maximum atomic E-state index is 11.3. The lowest BCUT2D eigenvalue weighted by Crippen LogP contribution is -2.48. The van der Waals surface area contributed by atoms with Crippen LogP contribution >= 0.6 is 0 Å². The first kappa shape index (κ1) is 22.1. The van der Waals surface area contributed by atoms with Crippen LogP contribution in [0.3, 0.4) is 0 Å². The summed E-state index contributed by atoms with van der Waals surface area (Å²) in [6, 6.07) is 5.21. The maximum absolute atomic E-state index is 11.3. The van der Waals surface area contributed by atoms with Gasteiger partial charge in [0.15, 0.2) is 0 Å². The Morgan fingerprint density at radius 2 is 1.90 bits per heavy atom. The number of pyridine rings is 1. The molecule has 3 unspecified atom stereocenters. The zero-order valence-corrected chi connectivity index (χ0v) is 17.3. The van der Waals surface area contributed by atoms with Gasteiger partial charge in [-0.05, 0) is 44.0 Å². The van der Waals surface area contributed by atoms with Gasteiger partial charge in [-0.25, -0.2) is 9.78 Å². The SMILES string of the molecule is O=C(O)c1cccc(CN2CCN3CCCNCCN(CC3)CC(CCO)C2)n1. The van der Waals surface area contributed by atoms with Crippen molar-refractivity contribution in [1.82, 2.24) is 25.0 Å². The van der Waals surface area contributed by atoms with Crippen LogP contribution in [0.5, 0.6) is 0 Å². The predicted molar refractivity (Wildman–Crippen MR) is 112 cm³/mol. The van der Waals surface area contributed by atoms with Gasteiger partial charge >= 0.3 is 5.97 Å². The van der Waals surface area contributed by atoms with Gasteiger partial charge in [-0.3, -0.25) is 4.90 Å². The fourth-order valence-corrected chi connectivity index (χ4v) is 4.29. The minimum absolute atomic E-state index is 0.0953. The Balaban J connectivity index is 1.74. The van der Waals surface area contributed by atoms with E-state index in [2.05, 4.69) is 25.0 Å². The summed E-state index contributed by atoms with van der Waals surface area (Å²) in [7, 11) is 0. The lowest BCUT2D eigenvalue weighted by molar-refractivity contribution is 0.0689. The zero-order valence-electron chi connectivity index (χ0n) is 17.3. The van der Waals surface area contributed by atoms with E-state index in [0.717, 1.165) is 84.0 Å². The standard InChI is InChI=1S/C21H35N5O3/c27-14-5-18-15-25-9-7-22-6-2-8-24(10-12-25)11-13-26(16-18)17-19-3-1-4-20(23-19)21(28)29/h1,3-4,18,22,27H,2,5-17H2,(H,28,29). The molecular weight excluding hydrogens is 370 g/mol. The number of nitrogens with zero attached hydrogens (tertiary/aromatic N) is 4. The first-order valence-electron chi connectivity index (χ1n) is 10.8. The molecule has 3 rings (SSSR count). The molecule has 3 heterocycles. The highest BCUT2D eigenvalue weighted by atomic mass is 16.4.